The average Bonchev–Trinajstić information content (AvgIpc) is 3.47. The molecule has 0 saturated carbocycles. The Kier molecular flexibility index (Phi) is 7.17. The van der Waals surface area contributed by atoms with Crippen molar-refractivity contribution in [3.63, 3.8) is 0 Å². The zero-order valence-corrected chi connectivity index (χ0v) is 20.5. The smallest absolute Gasteiger partial charge is 0.256 e. The van der Waals surface area contributed by atoms with Crippen molar-refractivity contribution in [3.8, 4) is 11.5 Å². The third-order valence-corrected chi connectivity index (χ3v) is 6.73. The summed E-state index contributed by atoms with van der Waals surface area (Å²) in [6.45, 7) is 3.28. The van der Waals surface area contributed by atoms with Gasteiger partial charge in [0.1, 0.15) is 12.0 Å². The predicted octanol–water partition coefficient (Wildman–Crippen LogP) is 2.52. The average molecular weight is 494 g/mol. The lowest BCUT2D eigenvalue weighted by Gasteiger charge is -2.38. The van der Waals surface area contributed by atoms with Gasteiger partial charge in [-0.25, -0.2) is 4.98 Å². The van der Waals surface area contributed by atoms with E-state index in [0.29, 0.717) is 72.5 Å². The fraction of sp³-hybridized carbons (Fsp3) is 0.423. The number of ether oxygens (including phenoxy) is 3. The van der Waals surface area contributed by atoms with Gasteiger partial charge in [0.05, 0.1) is 25.8 Å². The summed E-state index contributed by atoms with van der Waals surface area (Å²) in [6.07, 6.45) is 1.13. The number of nitrogens with one attached hydrogen (secondary N) is 1. The molecule has 0 bridgehead atoms. The summed E-state index contributed by atoms with van der Waals surface area (Å²) < 4.78 is 16.6. The zero-order chi connectivity index (χ0) is 25.1. The van der Waals surface area contributed by atoms with Crippen molar-refractivity contribution in [1.82, 2.24) is 14.9 Å². The van der Waals surface area contributed by atoms with Crippen molar-refractivity contribution in [2.75, 3.05) is 57.2 Å². The Morgan fingerprint density at radius 2 is 1.81 bits per heavy atom. The summed E-state index contributed by atoms with van der Waals surface area (Å²) in [5.74, 6) is 1.70. The summed E-state index contributed by atoms with van der Waals surface area (Å²) in [4.78, 5) is 26.6. The van der Waals surface area contributed by atoms with Gasteiger partial charge < -0.3 is 29.5 Å². The van der Waals surface area contributed by atoms with E-state index in [9.17, 15) is 9.90 Å². The molecule has 10 heteroatoms. The van der Waals surface area contributed by atoms with Gasteiger partial charge in [-0.1, -0.05) is 18.2 Å². The Labute approximate surface area is 209 Å². The molecule has 3 heterocycles. The van der Waals surface area contributed by atoms with E-state index in [0.717, 1.165) is 12.8 Å². The van der Waals surface area contributed by atoms with Crippen LogP contribution in [-0.4, -0.2) is 85.2 Å². The Hall–Kier alpha value is -3.47. The topological polar surface area (TPSA) is 109 Å². The maximum atomic E-state index is 13.0. The number of nitrogens with zero attached hydrogens (tertiary/aromatic N) is 4. The van der Waals surface area contributed by atoms with Gasteiger partial charge in [0, 0.05) is 49.8 Å². The van der Waals surface area contributed by atoms with Crippen LogP contribution in [0.2, 0.25) is 0 Å². The molecule has 2 aliphatic rings. The second kappa shape index (κ2) is 10.7. The first-order valence-corrected chi connectivity index (χ1v) is 12.2. The molecule has 0 radical (unpaired) electrons. The normalized spacial score (nSPS) is 19.3. The van der Waals surface area contributed by atoms with Crippen LogP contribution < -0.4 is 19.7 Å². The number of carbonyl (C=O) groups is 1. The van der Waals surface area contributed by atoms with Crippen molar-refractivity contribution in [2.45, 2.75) is 25.2 Å². The molecular formula is C26H31N5O5. The number of fused-ring (bicyclic) bond motifs is 1. The summed E-state index contributed by atoms with van der Waals surface area (Å²) in [6, 6.07) is 12.6. The molecule has 2 aliphatic heterocycles. The van der Waals surface area contributed by atoms with Crippen molar-refractivity contribution in [3.05, 3.63) is 48.0 Å². The van der Waals surface area contributed by atoms with Crippen LogP contribution in [0.15, 0.2) is 42.5 Å². The van der Waals surface area contributed by atoms with Gasteiger partial charge in [-0.05, 0) is 31.0 Å². The first kappa shape index (κ1) is 24.2. The second-order valence-corrected chi connectivity index (χ2v) is 8.90. The summed E-state index contributed by atoms with van der Waals surface area (Å²) in [5.41, 5.74) is 1.16. The first-order chi connectivity index (χ1) is 17.6. The number of aromatic nitrogens is 2. The van der Waals surface area contributed by atoms with E-state index in [1.807, 2.05) is 23.1 Å². The predicted molar refractivity (Wildman–Crippen MR) is 136 cm³/mol. The molecule has 2 aromatic carbocycles. The molecule has 0 aliphatic carbocycles. The Morgan fingerprint density at radius 1 is 1.08 bits per heavy atom. The molecule has 1 aromatic heterocycles. The second-order valence-electron chi connectivity index (χ2n) is 8.90. The highest BCUT2D eigenvalue weighted by Gasteiger charge is 2.32. The van der Waals surface area contributed by atoms with Gasteiger partial charge in [-0.3, -0.25) is 9.69 Å². The number of hydrogen-bond acceptors (Lipinski definition) is 9. The monoisotopic (exact) mass is 493 g/mol. The number of aliphatic hydroxyl groups excluding tert-OH is 1. The molecule has 0 spiro atoms. The zero-order valence-electron chi connectivity index (χ0n) is 20.5. The minimum Gasteiger partial charge on any atom is -0.493 e. The van der Waals surface area contributed by atoms with Crippen LogP contribution in [-0.2, 0) is 4.74 Å². The SMILES string of the molecule is COc1cc2nc(N3CCN(C(O)C4CCCO4)CC3)nc(NC(=O)c3ccccc3)c2cc1OC. The lowest BCUT2D eigenvalue weighted by atomic mass is 10.1. The van der Waals surface area contributed by atoms with Gasteiger partial charge in [-0.2, -0.15) is 4.98 Å². The minimum absolute atomic E-state index is 0.129. The highest BCUT2D eigenvalue weighted by molar-refractivity contribution is 6.08. The van der Waals surface area contributed by atoms with Crippen LogP contribution in [0.5, 0.6) is 11.5 Å². The van der Waals surface area contributed by atoms with Gasteiger partial charge in [0.15, 0.2) is 11.5 Å². The molecular weight excluding hydrogens is 462 g/mol. The third-order valence-electron chi connectivity index (χ3n) is 6.73. The van der Waals surface area contributed by atoms with E-state index in [-0.39, 0.29) is 12.0 Å². The highest BCUT2D eigenvalue weighted by atomic mass is 16.5. The van der Waals surface area contributed by atoms with E-state index in [4.69, 9.17) is 24.2 Å². The number of anilines is 2. The van der Waals surface area contributed by atoms with Gasteiger partial charge in [0.25, 0.3) is 5.91 Å². The summed E-state index contributed by atoms with van der Waals surface area (Å²) in [7, 11) is 3.13. The van der Waals surface area contributed by atoms with Gasteiger partial charge >= 0.3 is 0 Å². The van der Waals surface area contributed by atoms with Gasteiger partial charge in [0.2, 0.25) is 5.95 Å². The molecule has 2 atom stereocenters. The van der Waals surface area contributed by atoms with Crippen LogP contribution in [0.4, 0.5) is 11.8 Å². The van der Waals surface area contributed by atoms with Crippen LogP contribution in [0.1, 0.15) is 23.2 Å². The van der Waals surface area contributed by atoms with Crippen LogP contribution in [0.25, 0.3) is 10.9 Å². The first-order valence-electron chi connectivity index (χ1n) is 12.2. The largest absolute Gasteiger partial charge is 0.493 e. The van der Waals surface area contributed by atoms with E-state index in [1.165, 1.54) is 0 Å². The third kappa shape index (κ3) is 4.92. The number of piperazine rings is 1. The number of rotatable bonds is 7. The Morgan fingerprint density at radius 3 is 2.47 bits per heavy atom. The fourth-order valence-electron chi connectivity index (χ4n) is 4.71. The molecule has 1 amide bonds. The van der Waals surface area contributed by atoms with Crippen LogP contribution >= 0.6 is 0 Å². The number of benzene rings is 2. The Balaban J connectivity index is 1.44. The van der Waals surface area contributed by atoms with E-state index < -0.39 is 6.23 Å². The number of carbonyl (C=O) groups excluding carboxylic acids is 1. The summed E-state index contributed by atoms with van der Waals surface area (Å²) >= 11 is 0. The van der Waals surface area contributed by atoms with Crippen LogP contribution in [0, 0.1) is 0 Å². The molecule has 190 valence electrons. The van der Waals surface area contributed by atoms with Crippen molar-refractivity contribution in [2.24, 2.45) is 0 Å². The molecule has 3 aromatic rings. The van der Waals surface area contributed by atoms with E-state index in [2.05, 4.69) is 10.2 Å². The lowest BCUT2D eigenvalue weighted by molar-refractivity contribution is -0.0922. The maximum Gasteiger partial charge on any atom is 0.256 e. The Bertz CT molecular complexity index is 1210. The molecule has 2 unspecified atom stereocenters. The standard InChI is InChI=1S/C26H31N5O5/c1-34-21-15-18-19(16-22(21)35-2)27-26(29-23(18)28-24(32)17-7-4-3-5-8-17)31-12-10-30(11-13-31)25(33)20-9-6-14-36-20/h3-5,7-8,15-16,20,25,33H,6,9-14H2,1-2H3,(H,27,28,29,32). The molecule has 10 nitrogen and oxygen atoms in total. The molecule has 2 N–H and O–H groups in total. The van der Waals surface area contributed by atoms with Crippen molar-refractivity contribution in [1.29, 1.82) is 0 Å². The van der Waals surface area contributed by atoms with Gasteiger partial charge in [-0.15, -0.1) is 0 Å². The molecule has 36 heavy (non-hydrogen) atoms. The van der Waals surface area contributed by atoms with E-state index >= 15 is 0 Å². The van der Waals surface area contributed by atoms with Crippen molar-refractivity contribution < 1.29 is 24.1 Å². The number of aliphatic hydroxyl groups is 1. The number of amides is 1. The lowest BCUT2D eigenvalue weighted by Crippen LogP contribution is -2.54. The minimum atomic E-state index is -0.607. The van der Waals surface area contributed by atoms with E-state index in [1.54, 1.807) is 38.5 Å². The number of methoxy groups -OCH3 is 2. The molecule has 2 saturated heterocycles. The number of hydrogen-bond donors (Lipinski definition) is 2. The highest BCUT2D eigenvalue weighted by Crippen LogP contribution is 2.35. The van der Waals surface area contributed by atoms with Crippen molar-refractivity contribution >= 4 is 28.6 Å². The summed E-state index contributed by atoms with van der Waals surface area (Å²) in [5, 5.41) is 14.3. The maximum absolute atomic E-state index is 13.0. The van der Waals surface area contributed by atoms with Crippen LogP contribution in [0.3, 0.4) is 0 Å². The molecule has 5 rings (SSSR count). The fourth-order valence-corrected chi connectivity index (χ4v) is 4.71. The quantitative estimate of drug-likeness (QED) is 0.513. The molecule has 2 fully saturated rings.